The number of hydrogen-bond acceptors (Lipinski definition) is 5. The lowest BCUT2D eigenvalue weighted by molar-refractivity contribution is 0.230. The quantitative estimate of drug-likeness (QED) is 0.320. The summed E-state index contributed by atoms with van der Waals surface area (Å²) in [7, 11) is 3.38. The van der Waals surface area contributed by atoms with Crippen LogP contribution in [0.1, 0.15) is 0 Å². The Morgan fingerprint density at radius 2 is 1.81 bits per heavy atom. The van der Waals surface area contributed by atoms with Gasteiger partial charge in [-0.3, -0.25) is 15.1 Å². The number of carbonyl (C=O) groups is 1. The zero-order valence-electron chi connectivity index (χ0n) is 19.6. The highest BCUT2D eigenvalue weighted by Crippen LogP contribution is 2.34. The standard InChI is InChI=1S/C27H22N8O/c1-35(2)27(36)31-18-10-16(13-28-15-18)17-11-21-25(33-34-26(21)30-14-17)24-12-20-19(6-5-8-23(20)32-24)22-7-3-4-9-29-22/h3-15,32H,1-2H3,(H,31,36)(H,30,33,34). The molecule has 1 aromatic carbocycles. The lowest BCUT2D eigenvalue weighted by Gasteiger charge is -2.12. The second-order valence-corrected chi connectivity index (χ2v) is 8.65. The topological polar surface area (TPSA) is 115 Å². The lowest BCUT2D eigenvalue weighted by Crippen LogP contribution is -2.27. The van der Waals surface area contributed by atoms with Gasteiger partial charge in [0.15, 0.2) is 5.65 Å². The van der Waals surface area contributed by atoms with E-state index >= 15 is 0 Å². The van der Waals surface area contributed by atoms with E-state index in [1.54, 1.807) is 38.9 Å². The molecule has 5 aromatic heterocycles. The minimum atomic E-state index is -0.219. The van der Waals surface area contributed by atoms with Crippen molar-refractivity contribution in [2.75, 3.05) is 19.4 Å². The van der Waals surface area contributed by atoms with Gasteiger partial charge in [0.25, 0.3) is 0 Å². The molecule has 0 aliphatic carbocycles. The first-order valence-electron chi connectivity index (χ1n) is 11.4. The maximum atomic E-state index is 12.0. The zero-order chi connectivity index (χ0) is 24.6. The molecule has 176 valence electrons. The number of urea groups is 1. The van der Waals surface area contributed by atoms with Crippen LogP contribution < -0.4 is 5.32 Å². The van der Waals surface area contributed by atoms with Crippen molar-refractivity contribution in [1.82, 2.24) is 35.0 Å². The summed E-state index contributed by atoms with van der Waals surface area (Å²) >= 11 is 0. The van der Waals surface area contributed by atoms with Crippen molar-refractivity contribution in [3.05, 3.63) is 79.4 Å². The van der Waals surface area contributed by atoms with E-state index in [9.17, 15) is 4.79 Å². The Hall–Kier alpha value is -5.05. The number of rotatable bonds is 4. The number of anilines is 1. The molecular weight excluding hydrogens is 452 g/mol. The average molecular weight is 475 g/mol. The summed E-state index contributed by atoms with van der Waals surface area (Å²) in [5.74, 6) is 0. The largest absolute Gasteiger partial charge is 0.353 e. The number of aromatic nitrogens is 6. The minimum absolute atomic E-state index is 0.219. The fraction of sp³-hybridized carbons (Fsp3) is 0.0741. The number of fused-ring (bicyclic) bond motifs is 2. The molecule has 3 N–H and O–H groups in total. The summed E-state index contributed by atoms with van der Waals surface area (Å²) in [6.45, 7) is 0. The minimum Gasteiger partial charge on any atom is -0.353 e. The number of nitrogens with one attached hydrogen (secondary N) is 3. The van der Waals surface area contributed by atoms with E-state index in [0.717, 1.165) is 50.1 Å². The molecule has 5 heterocycles. The van der Waals surface area contributed by atoms with Crippen LogP contribution in [0, 0.1) is 0 Å². The third kappa shape index (κ3) is 3.82. The van der Waals surface area contributed by atoms with Crippen LogP contribution in [0.2, 0.25) is 0 Å². The highest BCUT2D eigenvalue weighted by Gasteiger charge is 2.15. The first-order chi connectivity index (χ1) is 17.6. The van der Waals surface area contributed by atoms with Crippen LogP contribution in [-0.2, 0) is 0 Å². The molecule has 0 saturated carbocycles. The number of hydrogen-bond donors (Lipinski definition) is 3. The smallest absolute Gasteiger partial charge is 0.321 e. The van der Waals surface area contributed by atoms with Crippen molar-refractivity contribution in [2.45, 2.75) is 0 Å². The maximum absolute atomic E-state index is 12.0. The first kappa shape index (κ1) is 21.5. The summed E-state index contributed by atoms with van der Waals surface area (Å²) in [5.41, 5.74) is 7.65. The Labute approximate surface area is 206 Å². The molecule has 0 spiro atoms. The second kappa shape index (κ2) is 8.62. The summed E-state index contributed by atoms with van der Waals surface area (Å²) in [6, 6.07) is 17.8. The van der Waals surface area contributed by atoms with Crippen LogP contribution in [0.4, 0.5) is 10.5 Å². The van der Waals surface area contributed by atoms with Gasteiger partial charge in [-0.15, -0.1) is 0 Å². The van der Waals surface area contributed by atoms with Crippen LogP contribution in [0.3, 0.4) is 0 Å². The molecule has 0 atom stereocenters. The van der Waals surface area contributed by atoms with E-state index in [1.807, 2.05) is 42.5 Å². The van der Waals surface area contributed by atoms with Gasteiger partial charge >= 0.3 is 6.03 Å². The van der Waals surface area contributed by atoms with Crippen LogP contribution in [-0.4, -0.2) is 55.2 Å². The lowest BCUT2D eigenvalue weighted by atomic mass is 10.1. The molecule has 0 fully saturated rings. The van der Waals surface area contributed by atoms with Crippen molar-refractivity contribution >= 4 is 33.7 Å². The molecule has 0 aliphatic heterocycles. The first-order valence-corrected chi connectivity index (χ1v) is 11.4. The molecule has 0 saturated heterocycles. The van der Waals surface area contributed by atoms with Crippen molar-refractivity contribution in [2.24, 2.45) is 0 Å². The number of aromatic amines is 2. The third-order valence-electron chi connectivity index (χ3n) is 6.01. The van der Waals surface area contributed by atoms with Gasteiger partial charge in [-0.25, -0.2) is 9.78 Å². The van der Waals surface area contributed by atoms with Crippen molar-refractivity contribution in [1.29, 1.82) is 0 Å². The van der Waals surface area contributed by atoms with Gasteiger partial charge in [-0.2, -0.15) is 5.10 Å². The molecule has 0 bridgehead atoms. The van der Waals surface area contributed by atoms with E-state index < -0.39 is 0 Å². The summed E-state index contributed by atoms with van der Waals surface area (Å²) in [6.07, 6.45) is 6.92. The maximum Gasteiger partial charge on any atom is 0.321 e. The molecule has 9 nitrogen and oxygen atoms in total. The molecule has 0 radical (unpaired) electrons. The van der Waals surface area contributed by atoms with Gasteiger partial charge in [0.05, 0.1) is 29.0 Å². The van der Waals surface area contributed by atoms with Crippen LogP contribution in [0.25, 0.3) is 55.7 Å². The number of nitrogens with zero attached hydrogens (tertiary/aromatic N) is 5. The zero-order valence-corrected chi connectivity index (χ0v) is 19.6. The van der Waals surface area contributed by atoms with Crippen LogP contribution >= 0.6 is 0 Å². The molecule has 36 heavy (non-hydrogen) atoms. The predicted octanol–water partition coefficient (Wildman–Crippen LogP) is 5.32. The van der Waals surface area contributed by atoms with E-state index in [2.05, 4.69) is 47.6 Å². The Balaban J connectivity index is 1.41. The van der Waals surface area contributed by atoms with E-state index in [0.29, 0.717) is 11.3 Å². The van der Waals surface area contributed by atoms with Crippen LogP contribution in [0.15, 0.2) is 79.4 Å². The van der Waals surface area contributed by atoms with E-state index in [1.165, 1.54) is 4.90 Å². The van der Waals surface area contributed by atoms with Gasteiger partial charge in [0.2, 0.25) is 0 Å². The monoisotopic (exact) mass is 474 g/mol. The Kier molecular flexibility index (Phi) is 5.15. The van der Waals surface area contributed by atoms with E-state index in [-0.39, 0.29) is 6.03 Å². The number of benzene rings is 1. The molecular formula is C27H22N8O. The predicted molar refractivity (Wildman–Crippen MR) is 140 cm³/mol. The Morgan fingerprint density at radius 1 is 0.917 bits per heavy atom. The highest BCUT2D eigenvalue weighted by molar-refractivity contribution is 6.00. The number of amides is 2. The molecule has 6 rings (SSSR count). The van der Waals surface area contributed by atoms with Crippen molar-refractivity contribution in [3.8, 4) is 33.8 Å². The molecule has 2 amide bonds. The van der Waals surface area contributed by atoms with Gasteiger partial charge in [-0.05, 0) is 36.4 Å². The summed E-state index contributed by atoms with van der Waals surface area (Å²) in [4.78, 5) is 30.4. The normalized spacial score (nSPS) is 11.2. The Morgan fingerprint density at radius 3 is 2.64 bits per heavy atom. The number of pyridine rings is 3. The average Bonchev–Trinajstić information content (AvgIpc) is 3.53. The van der Waals surface area contributed by atoms with Crippen LogP contribution in [0.5, 0.6) is 0 Å². The molecule has 6 aromatic rings. The fourth-order valence-corrected chi connectivity index (χ4v) is 4.20. The molecule has 0 unspecified atom stereocenters. The van der Waals surface area contributed by atoms with Crippen molar-refractivity contribution in [3.63, 3.8) is 0 Å². The van der Waals surface area contributed by atoms with Crippen molar-refractivity contribution < 1.29 is 4.79 Å². The van der Waals surface area contributed by atoms with Gasteiger partial charge in [0.1, 0.15) is 0 Å². The highest BCUT2D eigenvalue weighted by atomic mass is 16.2. The SMILES string of the molecule is CN(C)C(=O)Nc1cncc(-c2cnc3n[nH]c(-c4cc5c(-c6ccccn6)cccc5[nH]4)c3c2)c1. The molecule has 9 heteroatoms. The number of H-pyrrole nitrogens is 2. The van der Waals surface area contributed by atoms with Gasteiger partial charge in [0, 0.05) is 65.7 Å². The van der Waals surface area contributed by atoms with Gasteiger partial charge < -0.3 is 15.2 Å². The molecule has 0 aliphatic rings. The number of carbonyl (C=O) groups excluding carboxylic acids is 1. The van der Waals surface area contributed by atoms with Gasteiger partial charge in [-0.1, -0.05) is 18.2 Å². The second-order valence-electron chi connectivity index (χ2n) is 8.65. The third-order valence-corrected chi connectivity index (χ3v) is 6.01. The summed E-state index contributed by atoms with van der Waals surface area (Å²) < 4.78 is 0. The Bertz CT molecular complexity index is 1720. The summed E-state index contributed by atoms with van der Waals surface area (Å²) in [5, 5.41) is 12.3. The fourth-order valence-electron chi connectivity index (χ4n) is 4.20. The van der Waals surface area contributed by atoms with E-state index in [4.69, 9.17) is 0 Å².